The van der Waals surface area contributed by atoms with E-state index in [1.54, 1.807) is 42.1 Å². The minimum Gasteiger partial charge on any atom is -0.477 e. The van der Waals surface area contributed by atoms with E-state index in [1.807, 2.05) is 32.2 Å². The molecule has 2 aromatic carbocycles. The normalized spacial score (nSPS) is 23.5. The number of likely N-dealkylation sites (tertiary alicyclic amines) is 1. The molecule has 4 atom stereocenters. The van der Waals surface area contributed by atoms with Gasteiger partial charge in [0.1, 0.15) is 5.69 Å². The Morgan fingerprint density at radius 3 is 2.49 bits per heavy atom. The second kappa shape index (κ2) is 17.3. The van der Waals surface area contributed by atoms with Crippen molar-refractivity contribution in [3.05, 3.63) is 77.6 Å². The molecule has 0 amide bonds. The molecule has 53 heavy (non-hydrogen) atoms. The lowest BCUT2D eigenvalue weighted by Crippen LogP contribution is -2.73. The van der Waals surface area contributed by atoms with Crippen molar-refractivity contribution in [1.29, 1.82) is 0 Å². The third-order valence-electron chi connectivity index (χ3n) is 10.7. The Bertz CT molecular complexity index is 1730. The van der Waals surface area contributed by atoms with Gasteiger partial charge in [-0.15, -0.1) is 11.7 Å². The summed E-state index contributed by atoms with van der Waals surface area (Å²) in [4.78, 5) is 29.0. The first kappa shape index (κ1) is 38.5. The van der Waals surface area contributed by atoms with Gasteiger partial charge in [-0.3, -0.25) is 9.69 Å². The number of fused-ring (bicyclic) bond motifs is 1. The van der Waals surface area contributed by atoms with Gasteiger partial charge in [-0.05, 0) is 69.1 Å². The Morgan fingerprint density at radius 2 is 1.77 bits per heavy atom. The van der Waals surface area contributed by atoms with Gasteiger partial charge in [-0.2, -0.15) is 0 Å². The van der Waals surface area contributed by atoms with Crippen molar-refractivity contribution in [2.75, 3.05) is 71.8 Å². The number of rotatable bonds is 19. The lowest BCUT2D eigenvalue weighted by molar-refractivity contribution is -0.180. The molecule has 1 aliphatic carbocycles. The van der Waals surface area contributed by atoms with Crippen LogP contribution < -0.4 is 14.8 Å². The summed E-state index contributed by atoms with van der Waals surface area (Å²) in [5.74, 6) is 0.00129. The Balaban J connectivity index is 1.01. The van der Waals surface area contributed by atoms with Crippen molar-refractivity contribution >= 4 is 17.4 Å². The Labute approximate surface area is 310 Å². The topological polar surface area (TPSA) is 156 Å². The number of anilines is 1. The summed E-state index contributed by atoms with van der Waals surface area (Å²) >= 11 is 0. The second-order valence-electron chi connectivity index (χ2n) is 13.8. The third-order valence-corrected chi connectivity index (χ3v) is 10.7. The molecule has 2 unspecified atom stereocenters. The van der Waals surface area contributed by atoms with Gasteiger partial charge in [-0.1, -0.05) is 17.4 Å². The number of Topliss-reactive ketones (excluding diaryl/α,β-unsaturated/α-hetero) is 1. The minimum atomic E-state index is -1.21. The van der Waals surface area contributed by atoms with E-state index < -0.39 is 23.1 Å². The zero-order valence-electron chi connectivity index (χ0n) is 30.9. The largest absolute Gasteiger partial charge is 0.477 e. The van der Waals surface area contributed by atoms with E-state index in [4.69, 9.17) is 28.4 Å². The minimum absolute atomic E-state index is 0.0414. The van der Waals surface area contributed by atoms with Crippen LogP contribution in [0.15, 0.2) is 55.3 Å². The van der Waals surface area contributed by atoms with E-state index >= 15 is 0 Å². The molecule has 1 aromatic heterocycles. The number of ketones is 1. The highest BCUT2D eigenvalue weighted by Crippen LogP contribution is 2.62. The van der Waals surface area contributed by atoms with Gasteiger partial charge in [0.05, 0.1) is 82.1 Å². The van der Waals surface area contributed by atoms with Crippen molar-refractivity contribution < 1.29 is 43.1 Å². The lowest BCUT2D eigenvalue weighted by atomic mass is 9.52. The van der Waals surface area contributed by atoms with Crippen LogP contribution in [0.25, 0.3) is 0 Å². The zero-order valence-corrected chi connectivity index (χ0v) is 30.9. The molecule has 3 aromatic rings. The molecule has 3 aliphatic rings. The van der Waals surface area contributed by atoms with Gasteiger partial charge in [0, 0.05) is 37.4 Å². The maximum absolute atomic E-state index is 13.4. The average molecular weight is 734 g/mol. The van der Waals surface area contributed by atoms with Gasteiger partial charge >= 0.3 is 5.97 Å². The van der Waals surface area contributed by atoms with Crippen molar-refractivity contribution in [1.82, 2.24) is 19.9 Å². The third kappa shape index (κ3) is 8.03. The summed E-state index contributed by atoms with van der Waals surface area (Å²) in [6.07, 6.45) is 3.93. The summed E-state index contributed by atoms with van der Waals surface area (Å²) in [7, 11) is 1.64. The van der Waals surface area contributed by atoms with Gasteiger partial charge in [-0.25, -0.2) is 9.48 Å². The highest BCUT2D eigenvalue weighted by Gasteiger charge is 2.70. The number of aromatic nitrogens is 3. The number of nitrogens with one attached hydrogen (secondary N) is 1. The molecule has 2 N–H and O–H groups in total. The fourth-order valence-electron chi connectivity index (χ4n) is 7.95. The number of aryl methyl sites for hydroxylation is 1. The Kier molecular flexibility index (Phi) is 12.6. The molecule has 1 saturated carbocycles. The number of nitrogens with zero attached hydrogens (tertiary/aromatic N) is 4. The maximum atomic E-state index is 13.4. The molecule has 6 rings (SSSR count). The number of piperidine rings is 1. The van der Waals surface area contributed by atoms with Crippen LogP contribution in [0.5, 0.6) is 11.5 Å². The molecule has 14 heteroatoms. The standard InChI is InChI=1S/C39H51N5O9/c1-5-15-43-16-14-38-34-27(2)6-11-33(35(34)53-36(38)32(45)12-13-39(38,47)28(43)3)52-37(46)29-7-9-30(10-8-29)40-25-31-26-44(42-41-31)17-18-49-21-22-51-24-23-50-20-19-48-4/h5-11,26,28,36,40,47H,1,12-25H2,2-4H3/t28?,36-,38-,39?/m0/s1. The monoisotopic (exact) mass is 733 g/mol. The molecule has 2 aliphatic heterocycles. The fraction of sp³-hybridized carbons (Fsp3) is 0.538. The van der Waals surface area contributed by atoms with Crippen LogP contribution in [-0.2, 0) is 42.2 Å². The summed E-state index contributed by atoms with van der Waals surface area (Å²) in [6, 6.07) is 10.3. The Morgan fingerprint density at radius 1 is 1.06 bits per heavy atom. The smallest absolute Gasteiger partial charge is 0.343 e. The lowest BCUT2D eigenvalue weighted by Gasteiger charge is -2.59. The van der Waals surface area contributed by atoms with Crippen LogP contribution >= 0.6 is 0 Å². The van der Waals surface area contributed by atoms with E-state index in [9.17, 15) is 14.7 Å². The van der Waals surface area contributed by atoms with Crippen molar-refractivity contribution in [2.24, 2.45) is 0 Å². The first-order valence-corrected chi connectivity index (χ1v) is 18.3. The van der Waals surface area contributed by atoms with Crippen LogP contribution in [0.4, 0.5) is 5.69 Å². The van der Waals surface area contributed by atoms with Gasteiger partial charge in [0.25, 0.3) is 0 Å². The first-order valence-electron chi connectivity index (χ1n) is 18.3. The van der Waals surface area contributed by atoms with Crippen molar-refractivity contribution in [3.63, 3.8) is 0 Å². The predicted octanol–water partition coefficient (Wildman–Crippen LogP) is 3.49. The zero-order chi connectivity index (χ0) is 37.4. The van der Waals surface area contributed by atoms with Gasteiger partial charge in [0.15, 0.2) is 23.4 Å². The molecular formula is C39H51N5O9. The van der Waals surface area contributed by atoms with Crippen LogP contribution in [0.3, 0.4) is 0 Å². The highest BCUT2D eigenvalue weighted by atomic mass is 16.6. The number of methoxy groups -OCH3 is 1. The maximum Gasteiger partial charge on any atom is 0.343 e. The van der Waals surface area contributed by atoms with Crippen LogP contribution in [0.2, 0.25) is 0 Å². The van der Waals surface area contributed by atoms with Gasteiger partial charge in [0.2, 0.25) is 0 Å². The number of hydrogen-bond acceptors (Lipinski definition) is 13. The van der Waals surface area contributed by atoms with Crippen molar-refractivity contribution in [3.8, 4) is 11.5 Å². The molecule has 286 valence electrons. The van der Waals surface area contributed by atoms with E-state index in [0.29, 0.717) is 96.6 Å². The molecule has 1 spiro atoms. The number of carbonyl (C=O) groups is 2. The van der Waals surface area contributed by atoms with Crippen molar-refractivity contribution in [2.45, 2.75) is 69.4 Å². The second-order valence-corrected chi connectivity index (χ2v) is 13.8. The SMILES string of the molecule is C=CCN1CC[C@]23c4c(C)ccc(OC(=O)c5ccc(NCc6cn(CCOCCOCCOCCOC)nn6)cc5)c4O[C@H]2C(=O)CCC3(O)C1C. The number of carbonyl (C=O) groups excluding carboxylic acids is 2. The number of ether oxygens (including phenoxy) is 6. The summed E-state index contributed by atoms with van der Waals surface area (Å²) in [6.45, 7) is 13.8. The van der Waals surface area contributed by atoms with Crippen LogP contribution in [0, 0.1) is 6.92 Å². The highest BCUT2D eigenvalue weighted by molar-refractivity contribution is 5.93. The van der Waals surface area contributed by atoms with Gasteiger partial charge < -0.3 is 38.8 Å². The van der Waals surface area contributed by atoms with Crippen LogP contribution in [-0.4, -0.2) is 121 Å². The molecular weight excluding hydrogens is 682 g/mol. The number of hydrogen-bond donors (Lipinski definition) is 2. The average Bonchev–Trinajstić information content (AvgIpc) is 3.78. The molecule has 3 heterocycles. The fourth-order valence-corrected chi connectivity index (χ4v) is 7.95. The van der Waals surface area contributed by atoms with Crippen LogP contribution in [0.1, 0.15) is 53.4 Å². The van der Waals surface area contributed by atoms with E-state index in [0.717, 1.165) is 22.5 Å². The molecule has 2 fully saturated rings. The Hall–Kier alpha value is -4.18. The number of aliphatic hydroxyl groups is 1. The van der Waals surface area contributed by atoms with E-state index in [-0.39, 0.29) is 24.0 Å². The number of esters is 1. The summed E-state index contributed by atoms with van der Waals surface area (Å²) < 4.78 is 35.5. The predicted molar refractivity (Wildman–Crippen MR) is 195 cm³/mol. The van der Waals surface area contributed by atoms with E-state index in [1.165, 1.54) is 0 Å². The molecule has 0 bridgehead atoms. The molecule has 14 nitrogen and oxygen atoms in total. The summed E-state index contributed by atoms with van der Waals surface area (Å²) in [5.41, 5.74) is 1.39. The quantitative estimate of drug-likeness (QED) is 0.0800. The van der Waals surface area contributed by atoms with E-state index in [2.05, 4.69) is 27.1 Å². The molecule has 1 saturated heterocycles. The summed E-state index contributed by atoms with van der Waals surface area (Å²) in [5, 5.41) is 24.1. The first-order chi connectivity index (χ1) is 25.7. The molecule has 0 radical (unpaired) electrons. The number of benzene rings is 2.